The van der Waals surface area contributed by atoms with Gasteiger partial charge in [-0.15, -0.1) is 0 Å². The summed E-state index contributed by atoms with van der Waals surface area (Å²) in [5.41, 5.74) is 15.7. The van der Waals surface area contributed by atoms with Gasteiger partial charge in [-0.25, -0.2) is 0 Å². The van der Waals surface area contributed by atoms with E-state index in [2.05, 4.69) is 218 Å². The van der Waals surface area contributed by atoms with Crippen LogP contribution in [0.5, 0.6) is 0 Å². The number of allylic oxidation sites excluding steroid dienone is 4. The van der Waals surface area contributed by atoms with Crippen LogP contribution in [0.4, 0.5) is 0 Å². The number of hydrogen-bond acceptors (Lipinski definition) is 0. The molecule has 0 amide bonds. The Labute approximate surface area is 417 Å². The zero-order chi connectivity index (χ0) is 47.3. The molecule has 15 aromatic rings. The summed E-state index contributed by atoms with van der Waals surface area (Å²) in [6, 6.07) is 77.0. The Bertz CT molecular complexity index is 4770. The Kier molecular flexibility index (Phi) is 8.24. The van der Waals surface area contributed by atoms with Crippen molar-refractivity contribution in [1.82, 2.24) is 0 Å². The van der Waals surface area contributed by atoms with E-state index in [9.17, 15) is 0 Å². The smallest absolute Gasteiger partial charge is 0.000718 e. The molecule has 0 heterocycles. The van der Waals surface area contributed by atoms with Crippen molar-refractivity contribution < 1.29 is 0 Å². The van der Waals surface area contributed by atoms with Crippen molar-refractivity contribution in [3.63, 3.8) is 0 Å². The lowest BCUT2D eigenvalue weighted by Gasteiger charge is -2.20. The lowest BCUT2D eigenvalue weighted by molar-refractivity contribution is 1.05. The lowest BCUT2D eigenvalue weighted by Crippen LogP contribution is -1.93. The molecule has 17 rings (SSSR count). The Morgan fingerprint density at radius 1 is 0.264 bits per heavy atom. The second-order valence-corrected chi connectivity index (χ2v) is 20.0. The van der Waals surface area contributed by atoms with E-state index >= 15 is 0 Å². The average molecular weight is 911 g/mol. The Balaban J connectivity index is 0.00000220. The van der Waals surface area contributed by atoms with Gasteiger partial charge >= 0.3 is 0 Å². The number of benzene rings is 13. The molecule has 2 aliphatic carbocycles. The molecule has 0 unspecified atom stereocenters. The number of rotatable bonds is 4. The first-order valence-electron chi connectivity index (χ1n) is 25.9. The fourth-order valence-corrected chi connectivity index (χ4v) is 13.9. The van der Waals surface area contributed by atoms with Crippen molar-refractivity contribution in [1.29, 1.82) is 0 Å². The molecular weight excluding hydrogens is 865 g/mol. The van der Waals surface area contributed by atoms with Gasteiger partial charge in [0.15, 0.2) is 0 Å². The Hall–Kier alpha value is -8.84. The van der Waals surface area contributed by atoms with Gasteiger partial charge in [-0.1, -0.05) is 214 Å². The van der Waals surface area contributed by atoms with E-state index in [-0.39, 0.29) is 0 Å². The van der Waals surface area contributed by atoms with E-state index in [1.165, 1.54) is 174 Å². The van der Waals surface area contributed by atoms with Gasteiger partial charge in [0, 0.05) is 0 Å². The van der Waals surface area contributed by atoms with E-state index in [0.717, 1.165) is 12.8 Å². The van der Waals surface area contributed by atoms with Gasteiger partial charge in [-0.2, -0.15) is 0 Å². The molecule has 0 saturated heterocycles. The summed E-state index contributed by atoms with van der Waals surface area (Å²) in [7, 11) is 0. The molecule has 2 aliphatic rings. The van der Waals surface area contributed by atoms with Gasteiger partial charge in [0.25, 0.3) is 0 Å². The highest BCUT2D eigenvalue weighted by atomic mass is 14.3. The molecule has 0 radical (unpaired) electrons. The van der Waals surface area contributed by atoms with Gasteiger partial charge in [-0.05, 0) is 206 Å². The minimum atomic E-state index is 1.04. The van der Waals surface area contributed by atoms with Gasteiger partial charge in [0.2, 0.25) is 0 Å². The van der Waals surface area contributed by atoms with E-state index < -0.39 is 0 Å². The molecular formula is C72H46. The summed E-state index contributed by atoms with van der Waals surface area (Å²) in [5.74, 6) is 0. The first-order chi connectivity index (χ1) is 35.8. The van der Waals surface area contributed by atoms with Crippen LogP contribution >= 0.6 is 0 Å². The molecule has 0 aliphatic heterocycles. The first-order valence-corrected chi connectivity index (χ1v) is 25.9. The predicted octanol–water partition coefficient (Wildman–Crippen LogP) is 20.9. The van der Waals surface area contributed by atoms with Crippen LogP contribution in [0.1, 0.15) is 32.3 Å². The minimum Gasteiger partial charge on any atom is -0.0842 e. The molecule has 0 fully saturated rings. The fraction of sp³-hybridized carbons (Fsp3) is 0.0556. The molecule has 15 aromatic carbocycles. The summed E-state index contributed by atoms with van der Waals surface area (Å²) in [5, 5.41) is 26.7. The highest BCUT2D eigenvalue weighted by Crippen LogP contribution is 2.58. The third-order valence-corrected chi connectivity index (χ3v) is 16.7. The van der Waals surface area contributed by atoms with Crippen LogP contribution in [0.25, 0.3) is 169 Å². The maximum atomic E-state index is 2.58. The van der Waals surface area contributed by atoms with Crippen LogP contribution in [0, 0.1) is 0 Å². The molecule has 0 heteroatoms. The molecule has 0 bridgehead atoms. The van der Waals surface area contributed by atoms with E-state index in [4.69, 9.17) is 0 Å². The first kappa shape index (κ1) is 39.9. The van der Waals surface area contributed by atoms with Crippen molar-refractivity contribution in [3.8, 4) is 55.6 Å². The molecule has 72 heavy (non-hydrogen) atoms. The maximum Gasteiger partial charge on any atom is -0.000718 e. The summed E-state index contributed by atoms with van der Waals surface area (Å²) >= 11 is 0. The lowest BCUT2D eigenvalue weighted by atomic mass is 9.82. The summed E-state index contributed by atoms with van der Waals surface area (Å²) < 4.78 is 0. The summed E-state index contributed by atoms with van der Waals surface area (Å²) in [6.07, 6.45) is 8.96. The number of fused-ring (bicyclic) bond motifs is 13. The van der Waals surface area contributed by atoms with Crippen molar-refractivity contribution >= 4 is 113 Å². The van der Waals surface area contributed by atoms with Crippen LogP contribution in [-0.4, -0.2) is 0 Å². The average Bonchev–Trinajstić information content (AvgIpc) is 4.10. The van der Waals surface area contributed by atoms with E-state index in [0.29, 0.717) is 0 Å². The molecule has 0 saturated carbocycles. The van der Waals surface area contributed by atoms with Gasteiger partial charge in [-0.3, -0.25) is 0 Å². The van der Waals surface area contributed by atoms with Crippen molar-refractivity contribution in [3.05, 3.63) is 224 Å². The monoisotopic (exact) mass is 910 g/mol. The van der Waals surface area contributed by atoms with Gasteiger partial charge in [0.1, 0.15) is 0 Å². The van der Waals surface area contributed by atoms with Crippen LogP contribution < -0.4 is 0 Å². The second kappa shape index (κ2) is 14.8. The fourth-order valence-electron chi connectivity index (χ4n) is 13.9. The maximum absolute atomic E-state index is 2.58. The zero-order valence-corrected chi connectivity index (χ0v) is 40.2. The molecule has 334 valence electrons. The normalized spacial score (nSPS) is 13.3. The van der Waals surface area contributed by atoms with Crippen molar-refractivity contribution in [2.75, 3.05) is 0 Å². The van der Waals surface area contributed by atoms with E-state index in [1.54, 1.807) is 0 Å². The third-order valence-electron chi connectivity index (χ3n) is 16.7. The van der Waals surface area contributed by atoms with Crippen molar-refractivity contribution in [2.24, 2.45) is 0 Å². The summed E-state index contributed by atoms with van der Waals surface area (Å²) in [4.78, 5) is 0. The predicted molar refractivity (Wildman–Crippen MR) is 313 cm³/mol. The van der Waals surface area contributed by atoms with E-state index in [1.807, 2.05) is 13.8 Å². The highest BCUT2D eigenvalue weighted by molar-refractivity contribution is 6.49. The SMILES string of the molecule is C1=CCCC(c2cccc(-c3c4c(cc5c6ccccc6c6cccc4c65)c(-c4cccc(-c5ccccc5)c4)c4c5ccc6c7ccc8c9c(ccc(c%10ccc(c34)c5c6%10)c97)-c3ccccc3-8)c2)=C1.CC. The second-order valence-electron chi connectivity index (χ2n) is 20.0. The largest absolute Gasteiger partial charge is 0.0842 e. The zero-order valence-electron chi connectivity index (χ0n) is 40.2. The topological polar surface area (TPSA) is 0 Å². The third kappa shape index (κ3) is 5.16. The van der Waals surface area contributed by atoms with Gasteiger partial charge in [0.05, 0.1) is 0 Å². The van der Waals surface area contributed by atoms with Crippen LogP contribution in [0.2, 0.25) is 0 Å². The van der Waals surface area contributed by atoms with Crippen LogP contribution in [0.3, 0.4) is 0 Å². The highest BCUT2D eigenvalue weighted by Gasteiger charge is 2.30. The standard InChI is InChI=1S/C70H40.C2H6/c1-3-14-39(15-4-1)41-18-11-20-43(36-41)61-60-38-59-48-25-10-9-24-47(48)49-26-13-27-56(63(49)59)68(60)62(44-21-12-19-42(37-44)40-16-5-2-6-17-40)70-58-35-33-55-53-31-29-51-46-23-8-7-22-45(46)50-28-30-52(65(53)64(50)51)54-32-34-57(69(61)70)67(58)66(54)55;1-2/h1-5,7-16,18-38H,6,17H2;1-2H3. The number of hydrogen-bond donors (Lipinski definition) is 0. The molecule has 0 N–H and O–H groups in total. The molecule has 0 aromatic heterocycles. The quantitative estimate of drug-likeness (QED) is 0.122. The van der Waals surface area contributed by atoms with Gasteiger partial charge < -0.3 is 0 Å². The summed E-state index contributed by atoms with van der Waals surface area (Å²) in [6.45, 7) is 4.00. The Morgan fingerprint density at radius 3 is 1.43 bits per heavy atom. The van der Waals surface area contributed by atoms with Crippen LogP contribution in [-0.2, 0) is 0 Å². The van der Waals surface area contributed by atoms with Crippen molar-refractivity contribution in [2.45, 2.75) is 26.7 Å². The van der Waals surface area contributed by atoms with Crippen LogP contribution in [0.15, 0.2) is 218 Å². The Morgan fingerprint density at radius 2 is 0.736 bits per heavy atom. The molecule has 0 spiro atoms. The molecule has 0 atom stereocenters. The molecule has 0 nitrogen and oxygen atoms in total. The minimum absolute atomic E-state index is 1.04.